The number of methoxy groups -OCH3 is 3. The molecule has 1 aliphatic rings. The highest BCUT2D eigenvalue weighted by Crippen LogP contribution is 2.39. The lowest BCUT2D eigenvalue weighted by Gasteiger charge is -2.13. The minimum Gasteiger partial charge on any atom is -0.493 e. The van der Waals surface area contributed by atoms with Gasteiger partial charge in [0.1, 0.15) is 0 Å². The van der Waals surface area contributed by atoms with Gasteiger partial charge in [0.05, 0.1) is 21.3 Å². The second-order valence-corrected chi connectivity index (χ2v) is 5.68. The van der Waals surface area contributed by atoms with Gasteiger partial charge >= 0.3 is 5.97 Å². The van der Waals surface area contributed by atoms with Crippen LogP contribution in [-0.2, 0) is 9.53 Å². The Morgan fingerprint density at radius 3 is 2.27 bits per heavy atom. The number of hydrogen-bond donors (Lipinski definition) is 0. The van der Waals surface area contributed by atoms with Gasteiger partial charge in [-0.1, -0.05) is 29.8 Å². The van der Waals surface area contributed by atoms with E-state index >= 15 is 0 Å². The third-order valence-electron chi connectivity index (χ3n) is 3.73. The minimum absolute atomic E-state index is 0.146. The zero-order chi connectivity index (χ0) is 18.7. The average Bonchev–Trinajstić information content (AvgIpc) is 3.02. The van der Waals surface area contributed by atoms with Crippen LogP contribution >= 0.6 is 11.6 Å². The lowest BCUT2D eigenvalue weighted by molar-refractivity contribution is -0.129. The molecule has 2 aromatic carbocycles. The van der Waals surface area contributed by atoms with Gasteiger partial charge in [-0.15, -0.1) is 0 Å². The molecule has 0 unspecified atom stereocenters. The number of cyclic esters (lactones) is 1. The zero-order valence-corrected chi connectivity index (χ0v) is 15.2. The molecule has 0 amide bonds. The van der Waals surface area contributed by atoms with Crippen LogP contribution < -0.4 is 14.2 Å². The van der Waals surface area contributed by atoms with E-state index in [1.165, 1.54) is 21.3 Å². The highest BCUT2D eigenvalue weighted by molar-refractivity contribution is 6.32. The topological polar surface area (TPSA) is 66.4 Å². The Balaban J connectivity index is 2.03. The predicted octanol–water partition coefficient (Wildman–Crippen LogP) is 3.71. The summed E-state index contributed by atoms with van der Waals surface area (Å²) in [5.41, 5.74) is 1.35. The third kappa shape index (κ3) is 3.36. The molecule has 0 N–H and O–H groups in total. The van der Waals surface area contributed by atoms with Gasteiger partial charge in [-0.25, -0.2) is 9.79 Å². The number of carbonyl (C=O) groups is 1. The summed E-state index contributed by atoms with van der Waals surface area (Å²) in [5, 5.41) is 0.518. The molecular weight excluding hydrogens is 358 g/mol. The molecule has 1 heterocycles. The van der Waals surface area contributed by atoms with E-state index in [9.17, 15) is 4.79 Å². The van der Waals surface area contributed by atoms with Gasteiger partial charge in [0.15, 0.2) is 17.2 Å². The van der Waals surface area contributed by atoms with Crippen molar-refractivity contribution in [3.05, 3.63) is 58.2 Å². The summed E-state index contributed by atoms with van der Waals surface area (Å²) in [6.07, 6.45) is 1.58. The quantitative estimate of drug-likeness (QED) is 0.590. The number of carbonyl (C=O) groups excluding carboxylic acids is 1. The van der Waals surface area contributed by atoms with Crippen LogP contribution in [0.1, 0.15) is 11.1 Å². The Morgan fingerprint density at radius 2 is 1.69 bits per heavy atom. The summed E-state index contributed by atoms with van der Waals surface area (Å²) in [6.45, 7) is 0. The summed E-state index contributed by atoms with van der Waals surface area (Å²) in [7, 11) is 4.52. The number of halogens is 1. The molecule has 0 bridgehead atoms. The number of aliphatic imine (C=N–C) groups is 1. The molecule has 0 atom stereocenters. The molecule has 0 saturated heterocycles. The van der Waals surface area contributed by atoms with Crippen molar-refractivity contribution in [3.8, 4) is 17.2 Å². The molecule has 0 fully saturated rings. The molecule has 1 aliphatic heterocycles. The highest BCUT2D eigenvalue weighted by Gasteiger charge is 2.26. The maximum absolute atomic E-state index is 12.2. The van der Waals surface area contributed by atoms with E-state index in [0.29, 0.717) is 33.4 Å². The maximum Gasteiger partial charge on any atom is 0.363 e. The van der Waals surface area contributed by atoms with Crippen LogP contribution in [0.15, 0.2) is 47.1 Å². The van der Waals surface area contributed by atoms with E-state index in [1.54, 1.807) is 30.3 Å². The first-order valence-electron chi connectivity index (χ1n) is 7.65. The van der Waals surface area contributed by atoms with Crippen molar-refractivity contribution in [2.45, 2.75) is 0 Å². The Kier molecular flexibility index (Phi) is 5.14. The summed E-state index contributed by atoms with van der Waals surface area (Å²) in [4.78, 5) is 16.4. The van der Waals surface area contributed by atoms with Crippen molar-refractivity contribution in [1.82, 2.24) is 0 Å². The van der Waals surface area contributed by atoms with Crippen molar-refractivity contribution in [2.24, 2.45) is 4.99 Å². The number of benzene rings is 2. The Labute approximate surface area is 155 Å². The van der Waals surface area contributed by atoms with E-state index in [0.717, 1.165) is 0 Å². The van der Waals surface area contributed by atoms with Crippen LogP contribution in [0, 0.1) is 0 Å². The molecule has 7 heteroatoms. The van der Waals surface area contributed by atoms with Gasteiger partial charge in [0.2, 0.25) is 11.6 Å². The van der Waals surface area contributed by atoms with Crippen LogP contribution in [0.3, 0.4) is 0 Å². The van der Waals surface area contributed by atoms with Crippen molar-refractivity contribution < 1.29 is 23.7 Å². The van der Waals surface area contributed by atoms with E-state index in [4.69, 9.17) is 30.5 Å². The van der Waals surface area contributed by atoms with Crippen molar-refractivity contribution in [2.75, 3.05) is 21.3 Å². The van der Waals surface area contributed by atoms with Crippen LogP contribution in [-0.4, -0.2) is 33.2 Å². The lowest BCUT2D eigenvalue weighted by Crippen LogP contribution is -2.06. The van der Waals surface area contributed by atoms with Crippen LogP contribution in [0.25, 0.3) is 6.08 Å². The number of ether oxygens (including phenoxy) is 4. The summed E-state index contributed by atoms with van der Waals surface area (Å²) < 4.78 is 21.2. The van der Waals surface area contributed by atoms with Gasteiger partial charge in [0.25, 0.3) is 0 Å². The largest absolute Gasteiger partial charge is 0.493 e. The highest BCUT2D eigenvalue weighted by atomic mass is 35.5. The summed E-state index contributed by atoms with van der Waals surface area (Å²) in [5.74, 6) is 0.894. The van der Waals surface area contributed by atoms with E-state index in [2.05, 4.69) is 4.99 Å². The first-order valence-corrected chi connectivity index (χ1v) is 8.02. The smallest absolute Gasteiger partial charge is 0.363 e. The normalized spacial score (nSPS) is 14.8. The first kappa shape index (κ1) is 17.8. The van der Waals surface area contributed by atoms with Crippen LogP contribution in [0.5, 0.6) is 17.2 Å². The van der Waals surface area contributed by atoms with Gasteiger partial charge in [-0.05, 0) is 29.8 Å². The van der Waals surface area contributed by atoms with Crippen molar-refractivity contribution in [1.29, 1.82) is 0 Å². The van der Waals surface area contributed by atoms with E-state index < -0.39 is 5.97 Å². The standard InChI is InChI=1S/C19H16ClNO5/c1-23-15-9-12(10-16(24-2)17(15)25-3)18-21-14(19(22)26-18)8-11-6-4-5-7-13(11)20/h4-10H,1-3H3. The SMILES string of the molecule is COc1cc(C2=NC(=Cc3ccccc3Cl)C(=O)O2)cc(OC)c1OC. The Hall–Kier alpha value is -2.99. The molecule has 134 valence electrons. The molecule has 0 aromatic heterocycles. The number of hydrogen-bond acceptors (Lipinski definition) is 6. The predicted molar refractivity (Wildman–Crippen MR) is 98.2 cm³/mol. The fourth-order valence-electron chi connectivity index (χ4n) is 2.48. The Bertz CT molecular complexity index is 895. The van der Waals surface area contributed by atoms with Gasteiger partial charge in [-0.2, -0.15) is 0 Å². The maximum atomic E-state index is 12.2. The van der Waals surface area contributed by atoms with Crippen LogP contribution in [0.4, 0.5) is 0 Å². The molecule has 0 saturated carbocycles. The van der Waals surface area contributed by atoms with Gasteiger partial charge in [0, 0.05) is 10.6 Å². The van der Waals surface area contributed by atoms with Crippen LogP contribution in [0.2, 0.25) is 5.02 Å². The first-order chi connectivity index (χ1) is 12.6. The minimum atomic E-state index is -0.561. The summed E-state index contributed by atoms with van der Waals surface area (Å²) >= 11 is 6.12. The number of rotatable bonds is 5. The molecule has 0 aliphatic carbocycles. The molecule has 0 radical (unpaired) electrons. The molecule has 6 nitrogen and oxygen atoms in total. The van der Waals surface area contributed by atoms with E-state index in [1.807, 2.05) is 12.1 Å². The lowest BCUT2D eigenvalue weighted by atomic mass is 10.1. The number of nitrogens with zero attached hydrogens (tertiary/aromatic N) is 1. The summed E-state index contributed by atoms with van der Waals surface area (Å²) in [6, 6.07) is 10.5. The fourth-order valence-corrected chi connectivity index (χ4v) is 2.67. The molecule has 2 aromatic rings. The van der Waals surface area contributed by atoms with Gasteiger partial charge in [-0.3, -0.25) is 0 Å². The number of esters is 1. The second-order valence-electron chi connectivity index (χ2n) is 5.27. The molecular formula is C19H16ClNO5. The Morgan fingerprint density at radius 1 is 1.04 bits per heavy atom. The monoisotopic (exact) mass is 373 g/mol. The molecule has 0 spiro atoms. The van der Waals surface area contributed by atoms with Crippen molar-refractivity contribution in [3.63, 3.8) is 0 Å². The average molecular weight is 374 g/mol. The van der Waals surface area contributed by atoms with E-state index in [-0.39, 0.29) is 11.6 Å². The van der Waals surface area contributed by atoms with Crippen molar-refractivity contribution >= 4 is 29.5 Å². The second kappa shape index (κ2) is 7.49. The molecule has 26 heavy (non-hydrogen) atoms. The fraction of sp³-hybridized carbons (Fsp3) is 0.158. The molecule has 3 rings (SSSR count). The van der Waals surface area contributed by atoms with Gasteiger partial charge < -0.3 is 18.9 Å². The zero-order valence-electron chi connectivity index (χ0n) is 14.4. The third-order valence-corrected chi connectivity index (χ3v) is 4.07.